The number of nitrogens with one attached hydrogen (secondary N) is 1. The van der Waals surface area contributed by atoms with Crippen LogP contribution in [-0.4, -0.2) is 82.4 Å². The number of methoxy groups -OCH3 is 1. The summed E-state index contributed by atoms with van der Waals surface area (Å²) in [6, 6.07) is 20.8. The van der Waals surface area contributed by atoms with Gasteiger partial charge in [-0.05, 0) is 67.6 Å². The molecule has 212 valence electrons. The number of hydrogen-bond donors (Lipinski definition) is 1. The average Bonchev–Trinajstić information content (AvgIpc) is 2.96. The molecule has 1 aliphatic heterocycles. The van der Waals surface area contributed by atoms with E-state index in [1.165, 1.54) is 31.4 Å². The predicted octanol–water partition coefficient (Wildman–Crippen LogP) is 3.89. The van der Waals surface area contributed by atoms with Crippen molar-refractivity contribution in [1.29, 1.82) is 0 Å². The second kappa shape index (κ2) is 13.3. The van der Waals surface area contributed by atoms with Crippen molar-refractivity contribution in [3.8, 4) is 0 Å². The van der Waals surface area contributed by atoms with Crippen LogP contribution in [0.1, 0.15) is 15.9 Å². The van der Waals surface area contributed by atoms with Crippen LogP contribution in [0.3, 0.4) is 0 Å². The van der Waals surface area contributed by atoms with E-state index in [0.29, 0.717) is 42.5 Å². The van der Waals surface area contributed by atoms with Gasteiger partial charge in [-0.2, -0.15) is 4.31 Å². The lowest BCUT2D eigenvalue weighted by atomic mass is 10.1. The van der Waals surface area contributed by atoms with Crippen molar-refractivity contribution in [3.05, 3.63) is 88.9 Å². The fraction of sp³-hybridized carbons (Fsp3) is 0.310. The standard InChI is InChI=1S/C29H33ClN4O5S/c1-22-3-5-23(6-4-22)29(36)33-17-15-32(16-18-33)26-11-9-25(10-12-26)31-28(35)21-34(19-20-39-2)40(37,38)27-13-7-24(30)8-14-27/h3-14H,15-21H2,1-2H3,(H,31,35). The molecule has 0 radical (unpaired) electrons. The summed E-state index contributed by atoms with van der Waals surface area (Å²) in [4.78, 5) is 29.7. The Kier molecular flexibility index (Phi) is 9.80. The van der Waals surface area contributed by atoms with Crippen molar-refractivity contribution in [3.63, 3.8) is 0 Å². The molecule has 40 heavy (non-hydrogen) atoms. The minimum atomic E-state index is -3.93. The van der Waals surface area contributed by atoms with Crippen molar-refractivity contribution in [2.75, 3.05) is 63.2 Å². The maximum atomic E-state index is 13.1. The molecular weight excluding hydrogens is 552 g/mol. The van der Waals surface area contributed by atoms with E-state index < -0.39 is 15.9 Å². The van der Waals surface area contributed by atoms with Gasteiger partial charge in [-0.3, -0.25) is 9.59 Å². The van der Waals surface area contributed by atoms with Crippen molar-refractivity contribution >= 4 is 44.8 Å². The zero-order valence-electron chi connectivity index (χ0n) is 22.5. The SMILES string of the molecule is COCCN(CC(=O)Nc1ccc(N2CCN(C(=O)c3ccc(C)cc3)CC2)cc1)S(=O)(=O)c1ccc(Cl)cc1. The number of aryl methyl sites for hydroxylation is 1. The molecule has 1 aliphatic rings. The molecule has 0 aromatic heterocycles. The molecule has 2 amide bonds. The Hall–Kier alpha value is -3.44. The highest BCUT2D eigenvalue weighted by Crippen LogP contribution is 2.22. The zero-order valence-corrected chi connectivity index (χ0v) is 24.1. The van der Waals surface area contributed by atoms with Gasteiger partial charge >= 0.3 is 0 Å². The van der Waals surface area contributed by atoms with Gasteiger partial charge in [-0.15, -0.1) is 0 Å². The molecule has 4 rings (SSSR count). The fourth-order valence-electron chi connectivity index (χ4n) is 4.40. The van der Waals surface area contributed by atoms with Crippen LogP contribution in [0, 0.1) is 6.92 Å². The van der Waals surface area contributed by atoms with Crippen LogP contribution in [0.5, 0.6) is 0 Å². The molecule has 11 heteroatoms. The van der Waals surface area contributed by atoms with Gasteiger partial charge < -0.3 is 19.9 Å². The third-order valence-electron chi connectivity index (χ3n) is 6.70. The number of piperazine rings is 1. The van der Waals surface area contributed by atoms with Gasteiger partial charge in [-0.25, -0.2) is 8.42 Å². The van der Waals surface area contributed by atoms with Crippen molar-refractivity contribution in [1.82, 2.24) is 9.21 Å². The van der Waals surface area contributed by atoms with E-state index in [-0.39, 0.29) is 30.5 Å². The lowest BCUT2D eigenvalue weighted by Crippen LogP contribution is -2.48. The Morgan fingerprint density at radius 2 is 1.55 bits per heavy atom. The summed E-state index contributed by atoms with van der Waals surface area (Å²) < 4.78 is 32.4. The van der Waals surface area contributed by atoms with E-state index in [1.54, 1.807) is 12.1 Å². The molecule has 1 heterocycles. The first-order valence-electron chi connectivity index (χ1n) is 12.9. The Morgan fingerprint density at radius 3 is 2.15 bits per heavy atom. The van der Waals surface area contributed by atoms with E-state index in [2.05, 4.69) is 10.2 Å². The summed E-state index contributed by atoms with van der Waals surface area (Å²) in [5.41, 5.74) is 3.35. The number of rotatable bonds is 10. The number of nitrogens with zero attached hydrogens (tertiary/aromatic N) is 3. The molecule has 3 aromatic rings. The molecule has 1 saturated heterocycles. The monoisotopic (exact) mass is 584 g/mol. The van der Waals surface area contributed by atoms with Crippen LogP contribution in [0.2, 0.25) is 5.02 Å². The van der Waals surface area contributed by atoms with Gasteiger partial charge in [0.1, 0.15) is 0 Å². The van der Waals surface area contributed by atoms with E-state index >= 15 is 0 Å². The van der Waals surface area contributed by atoms with Gasteiger partial charge in [0.05, 0.1) is 18.0 Å². The molecule has 0 spiro atoms. The van der Waals surface area contributed by atoms with Crippen LogP contribution in [0.4, 0.5) is 11.4 Å². The van der Waals surface area contributed by atoms with Crippen LogP contribution >= 0.6 is 11.6 Å². The number of halogens is 1. The van der Waals surface area contributed by atoms with Crippen molar-refractivity contribution in [2.24, 2.45) is 0 Å². The quantitative estimate of drug-likeness (QED) is 0.388. The lowest BCUT2D eigenvalue weighted by molar-refractivity contribution is -0.116. The third kappa shape index (κ3) is 7.39. The highest BCUT2D eigenvalue weighted by Gasteiger charge is 2.27. The Balaban J connectivity index is 1.33. The number of benzene rings is 3. The molecule has 0 saturated carbocycles. The number of anilines is 2. The second-order valence-corrected chi connectivity index (χ2v) is 11.9. The minimum Gasteiger partial charge on any atom is -0.383 e. The van der Waals surface area contributed by atoms with E-state index in [1.807, 2.05) is 48.2 Å². The fourth-order valence-corrected chi connectivity index (χ4v) is 5.90. The van der Waals surface area contributed by atoms with Gasteiger partial charge in [0.25, 0.3) is 5.91 Å². The normalized spacial score (nSPS) is 13.9. The number of carbonyl (C=O) groups excluding carboxylic acids is 2. The molecule has 0 unspecified atom stereocenters. The minimum absolute atomic E-state index is 0.0201. The molecule has 3 aromatic carbocycles. The smallest absolute Gasteiger partial charge is 0.253 e. The van der Waals surface area contributed by atoms with E-state index in [9.17, 15) is 18.0 Å². The summed E-state index contributed by atoms with van der Waals surface area (Å²) in [5, 5.41) is 3.20. The van der Waals surface area contributed by atoms with Crippen molar-refractivity contribution < 1.29 is 22.7 Å². The summed E-state index contributed by atoms with van der Waals surface area (Å²) in [6.45, 7) is 4.41. The highest BCUT2D eigenvalue weighted by molar-refractivity contribution is 7.89. The number of ether oxygens (including phenoxy) is 1. The van der Waals surface area contributed by atoms with Crippen molar-refractivity contribution in [2.45, 2.75) is 11.8 Å². The van der Waals surface area contributed by atoms with Crippen LogP contribution in [0.15, 0.2) is 77.7 Å². The van der Waals surface area contributed by atoms with Crippen LogP contribution in [0.25, 0.3) is 0 Å². The summed E-state index contributed by atoms with van der Waals surface area (Å²) in [5.74, 6) is -0.431. The first kappa shape index (κ1) is 29.5. The number of amides is 2. The Labute approximate surface area is 240 Å². The van der Waals surface area contributed by atoms with Gasteiger partial charge in [0.2, 0.25) is 15.9 Å². The first-order chi connectivity index (χ1) is 19.2. The average molecular weight is 585 g/mol. The molecule has 9 nitrogen and oxygen atoms in total. The maximum absolute atomic E-state index is 13.1. The second-order valence-electron chi connectivity index (χ2n) is 9.53. The first-order valence-corrected chi connectivity index (χ1v) is 14.7. The molecule has 0 bridgehead atoms. The zero-order chi connectivity index (χ0) is 28.7. The highest BCUT2D eigenvalue weighted by atomic mass is 35.5. The number of hydrogen-bond acceptors (Lipinski definition) is 6. The Bertz CT molecular complexity index is 1410. The molecule has 0 aliphatic carbocycles. The summed E-state index contributed by atoms with van der Waals surface area (Å²) in [6.07, 6.45) is 0. The number of sulfonamides is 1. The maximum Gasteiger partial charge on any atom is 0.253 e. The number of carbonyl (C=O) groups is 2. The predicted molar refractivity (Wildman–Crippen MR) is 156 cm³/mol. The molecular formula is C29H33ClN4O5S. The Morgan fingerprint density at radius 1 is 0.925 bits per heavy atom. The largest absolute Gasteiger partial charge is 0.383 e. The molecule has 1 fully saturated rings. The van der Waals surface area contributed by atoms with Crippen LogP contribution in [-0.2, 0) is 19.6 Å². The molecule has 0 atom stereocenters. The lowest BCUT2D eigenvalue weighted by Gasteiger charge is -2.36. The van der Waals surface area contributed by atoms with E-state index in [4.69, 9.17) is 16.3 Å². The van der Waals surface area contributed by atoms with Crippen LogP contribution < -0.4 is 10.2 Å². The molecule has 1 N–H and O–H groups in total. The summed E-state index contributed by atoms with van der Waals surface area (Å²) >= 11 is 5.90. The summed E-state index contributed by atoms with van der Waals surface area (Å²) in [7, 11) is -2.46. The van der Waals surface area contributed by atoms with E-state index in [0.717, 1.165) is 15.6 Å². The topological polar surface area (TPSA) is 99.3 Å². The van der Waals surface area contributed by atoms with Gasteiger partial charge in [0.15, 0.2) is 0 Å². The van der Waals surface area contributed by atoms with Gasteiger partial charge in [0, 0.05) is 61.8 Å². The third-order valence-corrected chi connectivity index (χ3v) is 8.81. The van der Waals surface area contributed by atoms with Gasteiger partial charge in [-0.1, -0.05) is 29.3 Å².